The summed E-state index contributed by atoms with van der Waals surface area (Å²) in [6.45, 7) is 1.90. The maximum absolute atomic E-state index is 13.6. The number of halogens is 2. The molecule has 2 rings (SSSR count). The van der Waals surface area contributed by atoms with Crippen molar-refractivity contribution in [3.63, 3.8) is 0 Å². The van der Waals surface area contributed by atoms with E-state index in [1.54, 1.807) is 36.4 Å². The summed E-state index contributed by atoms with van der Waals surface area (Å²) in [5.41, 5.74) is 1.93. The monoisotopic (exact) mass is 291 g/mol. The molecule has 2 aromatic carbocycles. The average molecular weight is 292 g/mol. The highest BCUT2D eigenvalue weighted by Gasteiger charge is 2.11. The number of anilines is 1. The van der Waals surface area contributed by atoms with Gasteiger partial charge in [0, 0.05) is 24.7 Å². The van der Waals surface area contributed by atoms with Crippen molar-refractivity contribution in [2.75, 3.05) is 11.9 Å². The Morgan fingerprint density at radius 1 is 1.25 bits per heavy atom. The highest BCUT2D eigenvalue weighted by molar-refractivity contribution is 6.33. The van der Waals surface area contributed by atoms with Gasteiger partial charge < -0.3 is 4.90 Å². The van der Waals surface area contributed by atoms with Gasteiger partial charge in [-0.2, -0.15) is 0 Å². The zero-order chi connectivity index (χ0) is 14.7. The summed E-state index contributed by atoms with van der Waals surface area (Å²) in [7, 11) is 1.83. The summed E-state index contributed by atoms with van der Waals surface area (Å²) in [5, 5.41) is 0.483. The summed E-state index contributed by atoms with van der Waals surface area (Å²) in [5.74, 6) is -0.272. The number of rotatable bonds is 4. The summed E-state index contributed by atoms with van der Waals surface area (Å²) in [6, 6.07) is 11.8. The molecule has 2 nitrogen and oxygen atoms in total. The van der Waals surface area contributed by atoms with Crippen LogP contribution in [0, 0.1) is 5.82 Å². The molecule has 0 aliphatic carbocycles. The predicted molar refractivity (Wildman–Crippen MR) is 80.0 cm³/mol. The number of hydrogen-bond acceptors (Lipinski definition) is 2. The lowest BCUT2D eigenvalue weighted by molar-refractivity contribution is 0.101. The number of ketones is 1. The van der Waals surface area contributed by atoms with Crippen LogP contribution in [0.2, 0.25) is 5.02 Å². The fourth-order valence-electron chi connectivity index (χ4n) is 2.00. The van der Waals surface area contributed by atoms with Crippen LogP contribution in [0.4, 0.5) is 10.1 Å². The van der Waals surface area contributed by atoms with Gasteiger partial charge in [-0.1, -0.05) is 29.8 Å². The molecule has 2 aromatic rings. The predicted octanol–water partition coefficient (Wildman–Crippen LogP) is 4.32. The van der Waals surface area contributed by atoms with E-state index < -0.39 is 0 Å². The molecule has 0 saturated heterocycles. The average Bonchev–Trinajstić information content (AvgIpc) is 2.41. The van der Waals surface area contributed by atoms with Gasteiger partial charge >= 0.3 is 0 Å². The zero-order valence-electron chi connectivity index (χ0n) is 11.4. The first-order valence-electron chi connectivity index (χ1n) is 6.24. The van der Waals surface area contributed by atoms with E-state index >= 15 is 0 Å². The second kappa shape index (κ2) is 6.06. The summed E-state index contributed by atoms with van der Waals surface area (Å²) >= 11 is 6.19. The molecule has 0 heterocycles. The van der Waals surface area contributed by atoms with Gasteiger partial charge in [-0.3, -0.25) is 4.79 Å². The van der Waals surface area contributed by atoms with E-state index in [1.165, 1.54) is 13.0 Å². The van der Waals surface area contributed by atoms with Gasteiger partial charge in [-0.25, -0.2) is 4.39 Å². The van der Waals surface area contributed by atoms with Crippen LogP contribution in [-0.4, -0.2) is 12.8 Å². The minimum Gasteiger partial charge on any atom is -0.369 e. The van der Waals surface area contributed by atoms with Crippen LogP contribution in [0.5, 0.6) is 0 Å². The number of benzene rings is 2. The van der Waals surface area contributed by atoms with E-state index in [2.05, 4.69) is 0 Å². The zero-order valence-corrected chi connectivity index (χ0v) is 12.1. The minimum atomic E-state index is -0.240. The fourth-order valence-corrected chi connectivity index (χ4v) is 2.33. The van der Waals surface area contributed by atoms with Crippen molar-refractivity contribution in [3.8, 4) is 0 Å². The van der Waals surface area contributed by atoms with Gasteiger partial charge in [0.2, 0.25) is 0 Å². The molecule has 20 heavy (non-hydrogen) atoms. The Labute approximate surface area is 122 Å². The largest absolute Gasteiger partial charge is 0.369 e. The van der Waals surface area contributed by atoms with E-state index in [1.807, 2.05) is 11.9 Å². The minimum absolute atomic E-state index is 0.0322. The number of hydrogen-bond donors (Lipinski definition) is 0. The molecule has 0 aliphatic heterocycles. The number of nitrogens with zero attached hydrogens (tertiary/aromatic N) is 1. The molecule has 0 amide bonds. The molecule has 0 spiro atoms. The number of Topliss-reactive ketones (excluding diaryl/α,β-unsaturated/α-hetero) is 1. The van der Waals surface area contributed by atoms with Crippen LogP contribution in [0.3, 0.4) is 0 Å². The van der Waals surface area contributed by atoms with E-state index in [-0.39, 0.29) is 11.6 Å². The first-order chi connectivity index (χ1) is 9.49. The van der Waals surface area contributed by atoms with E-state index in [9.17, 15) is 9.18 Å². The third-order valence-electron chi connectivity index (χ3n) is 3.13. The third kappa shape index (κ3) is 3.17. The highest BCUT2D eigenvalue weighted by Crippen LogP contribution is 2.27. The summed E-state index contributed by atoms with van der Waals surface area (Å²) in [6.07, 6.45) is 0. The van der Waals surface area contributed by atoms with Gasteiger partial charge in [0.1, 0.15) is 5.82 Å². The van der Waals surface area contributed by atoms with Crippen molar-refractivity contribution in [3.05, 3.63) is 64.4 Å². The normalized spacial score (nSPS) is 10.4. The van der Waals surface area contributed by atoms with Crippen LogP contribution >= 0.6 is 11.6 Å². The van der Waals surface area contributed by atoms with Gasteiger partial charge in [-0.05, 0) is 31.2 Å². The number of carbonyl (C=O) groups is 1. The van der Waals surface area contributed by atoms with Gasteiger partial charge in [0.05, 0.1) is 10.7 Å². The van der Waals surface area contributed by atoms with Crippen LogP contribution in [0.25, 0.3) is 0 Å². The van der Waals surface area contributed by atoms with Crippen LogP contribution in [0.1, 0.15) is 22.8 Å². The molecule has 0 N–H and O–H groups in total. The van der Waals surface area contributed by atoms with E-state index in [4.69, 9.17) is 11.6 Å². The van der Waals surface area contributed by atoms with Crippen molar-refractivity contribution in [2.45, 2.75) is 13.5 Å². The Kier molecular flexibility index (Phi) is 4.40. The maximum atomic E-state index is 13.6. The lowest BCUT2D eigenvalue weighted by Crippen LogP contribution is -2.17. The molecule has 0 bridgehead atoms. The van der Waals surface area contributed by atoms with Crippen molar-refractivity contribution >= 4 is 23.1 Å². The van der Waals surface area contributed by atoms with Gasteiger partial charge in [0.15, 0.2) is 5.78 Å². The lowest BCUT2D eigenvalue weighted by atomic mass is 10.1. The Balaban J connectivity index is 2.23. The Bertz CT molecular complexity index is 642. The first-order valence-corrected chi connectivity index (χ1v) is 6.62. The molecular formula is C16H15ClFNO. The molecule has 104 valence electrons. The Morgan fingerprint density at radius 3 is 2.55 bits per heavy atom. The summed E-state index contributed by atoms with van der Waals surface area (Å²) < 4.78 is 13.6. The first kappa shape index (κ1) is 14.5. The SMILES string of the molecule is CC(=O)c1ccc(N(C)Cc2ccccc2F)c(Cl)c1. The third-order valence-corrected chi connectivity index (χ3v) is 3.43. The molecule has 0 radical (unpaired) electrons. The topological polar surface area (TPSA) is 20.3 Å². The van der Waals surface area contributed by atoms with E-state index in [0.717, 1.165) is 5.69 Å². The molecule has 0 atom stereocenters. The van der Waals surface area contributed by atoms with Crippen LogP contribution in [-0.2, 0) is 6.54 Å². The smallest absolute Gasteiger partial charge is 0.159 e. The Hall–Kier alpha value is -1.87. The second-order valence-electron chi connectivity index (χ2n) is 4.67. The molecule has 4 heteroatoms. The standard InChI is InChI=1S/C16H15ClFNO/c1-11(20)12-7-8-16(14(17)9-12)19(2)10-13-5-3-4-6-15(13)18/h3-9H,10H2,1-2H3. The Morgan fingerprint density at radius 2 is 1.95 bits per heavy atom. The molecule has 0 aromatic heterocycles. The molecule has 0 saturated carbocycles. The van der Waals surface area contributed by atoms with Crippen LogP contribution < -0.4 is 4.90 Å². The molecule has 0 fully saturated rings. The molecule has 0 aliphatic rings. The van der Waals surface area contributed by atoms with E-state index in [0.29, 0.717) is 22.7 Å². The number of carbonyl (C=O) groups excluding carboxylic acids is 1. The fraction of sp³-hybridized carbons (Fsp3) is 0.188. The van der Waals surface area contributed by atoms with Crippen molar-refractivity contribution in [1.29, 1.82) is 0 Å². The summed E-state index contributed by atoms with van der Waals surface area (Å²) in [4.78, 5) is 13.1. The van der Waals surface area contributed by atoms with Gasteiger partial charge in [-0.15, -0.1) is 0 Å². The molecular weight excluding hydrogens is 277 g/mol. The second-order valence-corrected chi connectivity index (χ2v) is 5.08. The van der Waals surface area contributed by atoms with Crippen LogP contribution in [0.15, 0.2) is 42.5 Å². The maximum Gasteiger partial charge on any atom is 0.159 e. The van der Waals surface area contributed by atoms with Crippen molar-refractivity contribution in [2.24, 2.45) is 0 Å². The van der Waals surface area contributed by atoms with Gasteiger partial charge in [0.25, 0.3) is 0 Å². The highest BCUT2D eigenvalue weighted by atomic mass is 35.5. The van der Waals surface area contributed by atoms with Crippen molar-refractivity contribution < 1.29 is 9.18 Å². The molecule has 0 unspecified atom stereocenters. The quantitative estimate of drug-likeness (QED) is 0.782. The lowest BCUT2D eigenvalue weighted by Gasteiger charge is -2.21. The van der Waals surface area contributed by atoms with Crippen molar-refractivity contribution in [1.82, 2.24) is 0 Å².